The number of hydrogen-bond acceptors (Lipinski definition) is 5. The number of benzene rings is 1. The molecule has 1 saturated heterocycles. The topological polar surface area (TPSA) is 68.5 Å². The normalized spacial score (nSPS) is 18.0. The minimum Gasteiger partial charge on any atom is -0.444 e. The van der Waals surface area contributed by atoms with Crippen molar-refractivity contribution in [3.8, 4) is 11.4 Å². The van der Waals surface area contributed by atoms with Crippen molar-refractivity contribution in [1.82, 2.24) is 15.0 Å². The van der Waals surface area contributed by atoms with Gasteiger partial charge in [-0.05, 0) is 45.7 Å². The van der Waals surface area contributed by atoms with Gasteiger partial charge in [0.15, 0.2) is 0 Å². The third kappa shape index (κ3) is 3.61. The average molecular weight is 394 g/mol. The van der Waals surface area contributed by atoms with Gasteiger partial charge in [0.1, 0.15) is 11.6 Å². The fourth-order valence-corrected chi connectivity index (χ4v) is 3.15. The molecule has 1 fully saturated rings. The molecular formula is C17H20BrN3O3. The van der Waals surface area contributed by atoms with E-state index < -0.39 is 5.60 Å². The summed E-state index contributed by atoms with van der Waals surface area (Å²) < 4.78 is 11.8. The van der Waals surface area contributed by atoms with Gasteiger partial charge >= 0.3 is 6.09 Å². The lowest BCUT2D eigenvalue weighted by molar-refractivity contribution is 0.0199. The summed E-state index contributed by atoms with van der Waals surface area (Å²) in [6.45, 7) is 6.20. The highest BCUT2D eigenvalue weighted by Crippen LogP contribution is 2.34. The van der Waals surface area contributed by atoms with E-state index in [1.807, 2.05) is 45.0 Å². The molecule has 3 rings (SSSR count). The molecule has 1 unspecified atom stereocenters. The number of carbonyl (C=O) groups excluding carboxylic acids is 1. The predicted molar refractivity (Wildman–Crippen MR) is 92.3 cm³/mol. The quantitative estimate of drug-likeness (QED) is 0.746. The Morgan fingerprint density at radius 3 is 2.83 bits per heavy atom. The van der Waals surface area contributed by atoms with Crippen molar-refractivity contribution in [3.05, 3.63) is 34.6 Å². The number of rotatable bonds is 2. The van der Waals surface area contributed by atoms with E-state index in [0.717, 1.165) is 22.9 Å². The Balaban J connectivity index is 1.81. The molecule has 24 heavy (non-hydrogen) atoms. The first kappa shape index (κ1) is 17.0. The summed E-state index contributed by atoms with van der Waals surface area (Å²) in [7, 11) is 0. The predicted octanol–water partition coefficient (Wildman–Crippen LogP) is 4.57. The van der Waals surface area contributed by atoms with Gasteiger partial charge in [0.2, 0.25) is 11.7 Å². The molecule has 1 amide bonds. The number of halogens is 1. The van der Waals surface area contributed by atoms with Gasteiger partial charge < -0.3 is 9.26 Å². The summed E-state index contributed by atoms with van der Waals surface area (Å²) >= 11 is 3.49. The van der Waals surface area contributed by atoms with Gasteiger partial charge in [-0.1, -0.05) is 33.2 Å². The van der Waals surface area contributed by atoms with Crippen molar-refractivity contribution >= 4 is 22.0 Å². The number of carbonyl (C=O) groups is 1. The fourth-order valence-electron chi connectivity index (χ4n) is 2.69. The van der Waals surface area contributed by atoms with E-state index >= 15 is 0 Å². The molecule has 7 heteroatoms. The zero-order valence-corrected chi connectivity index (χ0v) is 15.5. The molecule has 0 aliphatic carbocycles. The lowest BCUT2D eigenvalue weighted by Gasteiger charge is -2.26. The van der Waals surface area contributed by atoms with Crippen LogP contribution in [0.1, 0.15) is 45.5 Å². The second kappa shape index (κ2) is 6.55. The molecule has 1 atom stereocenters. The van der Waals surface area contributed by atoms with Gasteiger partial charge in [-0.15, -0.1) is 0 Å². The highest BCUT2D eigenvalue weighted by molar-refractivity contribution is 9.10. The molecular weight excluding hydrogens is 374 g/mol. The Bertz CT molecular complexity index is 739. The molecule has 1 aliphatic rings. The lowest BCUT2D eigenvalue weighted by atomic mass is 10.2. The molecule has 1 aromatic heterocycles. The van der Waals surface area contributed by atoms with Crippen LogP contribution in [-0.2, 0) is 4.74 Å². The zero-order valence-electron chi connectivity index (χ0n) is 14.0. The number of likely N-dealkylation sites (tertiary alicyclic amines) is 1. The standard InChI is InChI=1S/C17H20BrN3O3/c1-17(2,3)23-16(22)21-10-6-9-13(21)15-19-14(20-24-15)11-7-4-5-8-12(11)18/h4-5,7-8,13H,6,9-10H2,1-3H3. The molecule has 1 aliphatic heterocycles. The van der Waals surface area contributed by atoms with Crippen LogP contribution in [0, 0.1) is 0 Å². The Morgan fingerprint density at radius 1 is 1.38 bits per heavy atom. The molecule has 0 saturated carbocycles. The monoisotopic (exact) mass is 393 g/mol. The molecule has 6 nitrogen and oxygen atoms in total. The van der Waals surface area contributed by atoms with Crippen molar-refractivity contribution in [3.63, 3.8) is 0 Å². The van der Waals surface area contributed by atoms with Crippen LogP contribution in [-0.4, -0.2) is 33.3 Å². The Kier molecular flexibility index (Phi) is 4.62. The number of amides is 1. The summed E-state index contributed by atoms with van der Waals surface area (Å²) in [6.07, 6.45) is 1.33. The van der Waals surface area contributed by atoms with E-state index in [1.165, 1.54) is 0 Å². The highest BCUT2D eigenvalue weighted by atomic mass is 79.9. The number of nitrogens with zero attached hydrogens (tertiary/aromatic N) is 3. The number of aromatic nitrogens is 2. The largest absolute Gasteiger partial charge is 0.444 e. The van der Waals surface area contributed by atoms with Gasteiger partial charge in [0, 0.05) is 16.6 Å². The molecule has 0 radical (unpaired) electrons. The minimum atomic E-state index is -0.529. The van der Waals surface area contributed by atoms with Gasteiger partial charge in [-0.25, -0.2) is 4.79 Å². The third-order valence-electron chi connectivity index (χ3n) is 3.72. The Morgan fingerprint density at radius 2 is 2.12 bits per heavy atom. The second-order valence-electron chi connectivity index (χ2n) is 6.77. The molecule has 2 heterocycles. The smallest absolute Gasteiger partial charge is 0.410 e. The second-order valence-corrected chi connectivity index (χ2v) is 7.62. The van der Waals surface area contributed by atoms with Crippen molar-refractivity contribution in [1.29, 1.82) is 0 Å². The van der Waals surface area contributed by atoms with Crippen LogP contribution in [0.3, 0.4) is 0 Å². The maximum Gasteiger partial charge on any atom is 0.410 e. The lowest BCUT2D eigenvalue weighted by Crippen LogP contribution is -2.36. The van der Waals surface area contributed by atoms with Gasteiger partial charge in [-0.2, -0.15) is 4.98 Å². The fraction of sp³-hybridized carbons (Fsp3) is 0.471. The third-order valence-corrected chi connectivity index (χ3v) is 4.41. The summed E-state index contributed by atoms with van der Waals surface area (Å²) in [4.78, 5) is 18.5. The van der Waals surface area contributed by atoms with E-state index in [4.69, 9.17) is 9.26 Å². The first-order chi connectivity index (χ1) is 11.3. The van der Waals surface area contributed by atoms with Crippen LogP contribution < -0.4 is 0 Å². The maximum atomic E-state index is 12.4. The van der Waals surface area contributed by atoms with E-state index in [2.05, 4.69) is 26.1 Å². The van der Waals surface area contributed by atoms with Crippen LogP contribution in [0.25, 0.3) is 11.4 Å². The average Bonchev–Trinajstić information content (AvgIpc) is 3.14. The van der Waals surface area contributed by atoms with Crippen molar-refractivity contribution in [2.45, 2.75) is 45.3 Å². The molecule has 2 aromatic rings. The SMILES string of the molecule is CC(C)(C)OC(=O)N1CCCC1c1nc(-c2ccccc2Br)no1. The molecule has 0 spiro atoms. The minimum absolute atomic E-state index is 0.233. The summed E-state index contributed by atoms with van der Waals surface area (Å²) in [5.41, 5.74) is 0.327. The van der Waals surface area contributed by atoms with Crippen LogP contribution in [0.2, 0.25) is 0 Å². The summed E-state index contributed by atoms with van der Waals surface area (Å²) in [6, 6.07) is 7.45. The van der Waals surface area contributed by atoms with E-state index in [1.54, 1.807) is 4.90 Å². The van der Waals surface area contributed by atoms with Crippen molar-refractivity contribution < 1.29 is 14.1 Å². The maximum absolute atomic E-state index is 12.4. The van der Waals surface area contributed by atoms with Crippen molar-refractivity contribution in [2.75, 3.05) is 6.54 Å². The van der Waals surface area contributed by atoms with Crippen LogP contribution >= 0.6 is 15.9 Å². The van der Waals surface area contributed by atoms with Crippen LogP contribution in [0.5, 0.6) is 0 Å². The Hall–Kier alpha value is -1.89. The number of hydrogen-bond donors (Lipinski definition) is 0. The van der Waals surface area contributed by atoms with Gasteiger partial charge in [0.05, 0.1) is 0 Å². The van der Waals surface area contributed by atoms with Crippen LogP contribution in [0.15, 0.2) is 33.3 Å². The summed E-state index contributed by atoms with van der Waals surface area (Å²) in [5, 5.41) is 4.07. The zero-order chi connectivity index (χ0) is 17.3. The van der Waals surface area contributed by atoms with Gasteiger partial charge in [-0.3, -0.25) is 4.90 Å². The molecule has 1 aromatic carbocycles. The van der Waals surface area contributed by atoms with E-state index in [-0.39, 0.29) is 12.1 Å². The molecule has 128 valence electrons. The van der Waals surface area contributed by atoms with E-state index in [9.17, 15) is 4.79 Å². The number of ether oxygens (including phenoxy) is 1. The molecule has 0 N–H and O–H groups in total. The van der Waals surface area contributed by atoms with Crippen molar-refractivity contribution in [2.24, 2.45) is 0 Å². The summed E-state index contributed by atoms with van der Waals surface area (Å²) in [5.74, 6) is 0.956. The van der Waals surface area contributed by atoms with E-state index in [0.29, 0.717) is 18.3 Å². The van der Waals surface area contributed by atoms with Gasteiger partial charge in [0.25, 0.3) is 0 Å². The Labute approximate surface area is 149 Å². The first-order valence-electron chi connectivity index (χ1n) is 7.93. The highest BCUT2D eigenvalue weighted by Gasteiger charge is 2.36. The first-order valence-corrected chi connectivity index (χ1v) is 8.72. The molecule has 0 bridgehead atoms. The van der Waals surface area contributed by atoms with Crippen LogP contribution in [0.4, 0.5) is 4.79 Å².